The van der Waals surface area contributed by atoms with Crippen molar-refractivity contribution in [3.63, 3.8) is 0 Å². The van der Waals surface area contributed by atoms with Crippen LogP contribution >= 0.6 is 0 Å². The van der Waals surface area contributed by atoms with E-state index in [1.54, 1.807) is 6.08 Å². The molecule has 1 aliphatic rings. The maximum atomic E-state index is 8.18. The van der Waals surface area contributed by atoms with E-state index in [0.717, 1.165) is 6.61 Å². The zero-order chi connectivity index (χ0) is 6.69. The smallest absolute Gasteiger partial charge is 0.113 e. The van der Waals surface area contributed by atoms with Crippen molar-refractivity contribution in [2.75, 3.05) is 6.61 Å². The molecule has 52 valence electrons. The lowest BCUT2D eigenvalue weighted by molar-refractivity contribution is -0.267. The van der Waals surface area contributed by atoms with Crippen molar-refractivity contribution in [2.45, 2.75) is 18.6 Å². The van der Waals surface area contributed by atoms with E-state index in [1.165, 1.54) is 0 Å². The summed E-state index contributed by atoms with van der Waals surface area (Å²) in [5, 5.41) is 8.18. The minimum absolute atomic E-state index is 0.266. The fraction of sp³-hybridized carbons (Fsp3) is 0.667. The van der Waals surface area contributed by atoms with Crippen LogP contribution in [0, 0.1) is 0 Å². The molecule has 9 heavy (non-hydrogen) atoms. The van der Waals surface area contributed by atoms with E-state index in [2.05, 4.69) is 11.5 Å². The highest BCUT2D eigenvalue weighted by Gasteiger charge is 2.25. The van der Waals surface area contributed by atoms with Crippen LogP contribution in [0.1, 0.15) is 6.42 Å². The molecule has 1 N–H and O–H groups in total. The number of epoxide rings is 1. The predicted molar refractivity (Wildman–Crippen MR) is 32.1 cm³/mol. The molecule has 0 saturated carbocycles. The topological polar surface area (TPSA) is 42.0 Å². The Morgan fingerprint density at radius 2 is 2.67 bits per heavy atom. The maximum Gasteiger partial charge on any atom is 0.113 e. The standard InChI is InChI=1S/C6H10O3/c1-2-5(9-7)3-6-4-8-6/h2,5-7H,1,3-4H2. The van der Waals surface area contributed by atoms with Crippen LogP contribution in [0.25, 0.3) is 0 Å². The third kappa shape index (κ3) is 2.13. The van der Waals surface area contributed by atoms with Crippen LogP contribution in [0.4, 0.5) is 0 Å². The molecule has 0 radical (unpaired) electrons. The Bertz CT molecular complexity index is 98.5. The Balaban J connectivity index is 2.12. The molecular formula is C6H10O3. The van der Waals surface area contributed by atoms with Gasteiger partial charge >= 0.3 is 0 Å². The average Bonchev–Trinajstić information content (AvgIpc) is 2.66. The lowest BCUT2D eigenvalue weighted by Gasteiger charge is -2.03. The van der Waals surface area contributed by atoms with Gasteiger partial charge in [-0.2, -0.15) is 0 Å². The largest absolute Gasteiger partial charge is 0.373 e. The lowest BCUT2D eigenvalue weighted by Crippen LogP contribution is -2.09. The van der Waals surface area contributed by atoms with Gasteiger partial charge in [0.05, 0.1) is 12.7 Å². The maximum absolute atomic E-state index is 8.18. The van der Waals surface area contributed by atoms with E-state index in [9.17, 15) is 0 Å². The van der Waals surface area contributed by atoms with Crippen molar-refractivity contribution in [3.8, 4) is 0 Å². The minimum Gasteiger partial charge on any atom is -0.373 e. The summed E-state index contributed by atoms with van der Waals surface area (Å²) in [6.07, 6.45) is 2.28. The van der Waals surface area contributed by atoms with Gasteiger partial charge in [0.1, 0.15) is 6.10 Å². The first-order valence-corrected chi connectivity index (χ1v) is 2.91. The van der Waals surface area contributed by atoms with Gasteiger partial charge in [0.2, 0.25) is 0 Å². The van der Waals surface area contributed by atoms with E-state index in [1.807, 2.05) is 0 Å². The number of rotatable bonds is 4. The Labute approximate surface area is 53.8 Å². The van der Waals surface area contributed by atoms with Crippen molar-refractivity contribution in [3.05, 3.63) is 12.7 Å². The summed E-state index contributed by atoms with van der Waals surface area (Å²) in [5.41, 5.74) is 0. The molecule has 0 aromatic carbocycles. The molecule has 2 unspecified atom stereocenters. The second-order valence-electron chi connectivity index (χ2n) is 2.07. The SMILES string of the molecule is C=CC(CC1CO1)OO. The van der Waals surface area contributed by atoms with E-state index in [4.69, 9.17) is 9.99 Å². The van der Waals surface area contributed by atoms with Crippen LogP contribution in [-0.2, 0) is 9.62 Å². The molecule has 3 heteroatoms. The lowest BCUT2D eigenvalue weighted by atomic mass is 10.2. The van der Waals surface area contributed by atoms with Crippen molar-refractivity contribution in [1.82, 2.24) is 0 Å². The highest BCUT2D eigenvalue weighted by molar-refractivity contribution is 4.84. The Hall–Kier alpha value is -0.380. The molecule has 3 nitrogen and oxygen atoms in total. The van der Waals surface area contributed by atoms with Gasteiger partial charge in [0, 0.05) is 6.42 Å². The first kappa shape index (κ1) is 6.74. The van der Waals surface area contributed by atoms with Crippen molar-refractivity contribution in [2.24, 2.45) is 0 Å². The second kappa shape index (κ2) is 2.96. The van der Waals surface area contributed by atoms with Crippen molar-refractivity contribution in [1.29, 1.82) is 0 Å². The molecule has 1 fully saturated rings. The predicted octanol–water partition coefficient (Wildman–Crippen LogP) is 0.819. The third-order valence-corrected chi connectivity index (χ3v) is 1.30. The van der Waals surface area contributed by atoms with Gasteiger partial charge in [0.25, 0.3) is 0 Å². The summed E-state index contributed by atoms with van der Waals surface area (Å²) >= 11 is 0. The van der Waals surface area contributed by atoms with Gasteiger partial charge in [-0.05, 0) is 0 Å². The normalized spacial score (nSPS) is 27.4. The van der Waals surface area contributed by atoms with Crippen LogP contribution in [0.5, 0.6) is 0 Å². The van der Waals surface area contributed by atoms with Gasteiger partial charge in [-0.1, -0.05) is 6.08 Å². The Kier molecular flexibility index (Phi) is 2.22. The molecular weight excluding hydrogens is 120 g/mol. The number of hydrogen-bond donors (Lipinski definition) is 1. The number of ether oxygens (including phenoxy) is 1. The van der Waals surface area contributed by atoms with Crippen molar-refractivity contribution < 1.29 is 14.9 Å². The zero-order valence-electron chi connectivity index (χ0n) is 5.12. The summed E-state index contributed by atoms with van der Waals surface area (Å²) < 4.78 is 4.90. The number of hydrogen-bond acceptors (Lipinski definition) is 3. The van der Waals surface area contributed by atoms with Gasteiger partial charge in [-0.3, -0.25) is 5.26 Å². The first-order valence-electron chi connectivity index (χ1n) is 2.91. The Morgan fingerprint density at radius 3 is 3.00 bits per heavy atom. The minimum atomic E-state index is -0.266. The summed E-state index contributed by atoms with van der Waals surface area (Å²) in [6.45, 7) is 4.26. The summed E-state index contributed by atoms with van der Waals surface area (Å²) in [6, 6.07) is 0. The van der Waals surface area contributed by atoms with E-state index in [-0.39, 0.29) is 12.2 Å². The molecule has 1 heterocycles. The highest BCUT2D eigenvalue weighted by atomic mass is 17.1. The monoisotopic (exact) mass is 130 g/mol. The van der Waals surface area contributed by atoms with Crippen LogP contribution in [-0.4, -0.2) is 24.1 Å². The average molecular weight is 130 g/mol. The van der Waals surface area contributed by atoms with Gasteiger partial charge in [-0.25, -0.2) is 4.89 Å². The van der Waals surface area contributed by atoms with E-state index >= 15 is 0 Å². The molecule has 2 atom stereocenters. The molecule has 0 aromatic heterocycles. The zero-order valence-corrected chi connectivity index (χ0v) is 5.12. The molecule has 0 spiro atoms. The first-order chi connectivity index (χ1) is 4.36. The molecule has 0 bridgehead atoms. The van der Waals surface area contributed by atoms with Gasteiger partial charge in [0.15, 0.2) is 0 Å². The second-order valence-corrected chi connectivity index (χ2v) is 2.07. The van der Waals surface area contributed by atoms with Crippen LogP contribution in [0.3, 0.4) is 0 Å². The fourth-order valence-electron chi connectivity index (χ4n) is 0.646. The summed E-state index contributed by atoms with van der Waals surface area (Å²) in [4.78, 5) is 4.05. The summed E-state index contributed by atoms with van der Waals surface area (Å²) in [5.74, 6) is 0. The van der Waals surface area contributed by atoms with Crippen LogP contribution in [0.15, 0.2) is 12.7 Å². The van der Waals surface area contributed by atoms with Crippen LogP contribution in [0.2, 0.25) is 0 Å². The van der Waals surface area contributed by atoms with Crippen molar-refractivity contribution >= 4 is 0 Å². The van der Waals surface area contributed by atoms with E-state index in [0.29, 0.717) is 6.42 Å². The fourth-order valence-corrected chi connectivity index (χ4v) is 0.646. The molecule has 1 rings (SSSR count). The van der Waals surface area contributed by atoms with Gasteiger partial charge < -0.3 is 4.74 Å². The molecule has 0 aliphatic carbocycles. The van der Waals surface area contributed by atoms with Gasteiger partial charge in [-0.15, -0.1) is 6.58 Å². The highest BCUT2D eigenvalue weighted by Crippen LogP contribution is 2.16. The van der Waals surface area contributed by atoms with Crippen LogP contribution < -0.4 is 0 Å². The summed E-state index contributed by atoms with van der Waals surface area (Å²) in [7, 11) is 0. The quantitative estimate of drug-likeness (QED) is 0.265. The third-order valence-electron chi connectivity index (χ3n) is 1.30. The molecule has 1 aliphatic heterocycles. The Morgan fingerprint density at radius 1 is 2.00 bits per heavy atom. The molecule has 1 saturated heterocycles. The van der Waals surface area contributed by atoms with E-state index < -0.39 is 0 Å². The molecule has 0 amide bonds. The molecule has 0 aromatic rings.